The van der Waals surface area contributed by atoms with Crippen LogP contribution in [-0.2, 0) is 0 Å². The first-order valence-corrected chi connectivity index (χ1v) is 5.19. The van der Waals surface area contributed by atoms with Crippen molar-refractivity contribution in [3.05, 3.63) is 34.3 Å². The number of aliphatic hydroxyl groups excluding tert-OH is 1. The van der Waals surface area contributed by atoms with Crippen molar-refractivity contribution in [2.24, 2.45) is 0 Å². The second-order valence-electron chi connectivity index (χ2n) is 3.38. The van der Waals surface area contributed by atoms with E-state index >= 15 is 0 Å². The highest BCUT2D eigenvalue weighted by Gasteiger charge is 2.14. The maximum absolute atomic E-state index is 11.7. The van der Waals surface area contributed by atoms with E-state index in [0.717, 1.165) is 0 Å². The molecule has 0 aliphatic rings. The Labute approximate surface area is 102 Å². The minimum absolute atomic E-state index is 0.0974. The number of aromatic amines is 1. The molecule has 7 heteroatoms. The third-order valence-corrected chi connectivity index (χ3v) is 2.19. The molecule has 7 nitrogen and oxygen atoms in total. The summed E-state index contributed by atoms with van der Waals surface area (Å²) in [7, 11) is 0. The summed E-state index contributed by atoms with van der Waals surface area (Å²) < 4.78 is 5.13. The first-order chi connectivity index (χ1) is 8.76. The topological polar surface area (TPSA) is 115 Å². The van der Waals surface area contributed by atoms with E-state index in [0.29, 0.717) is 5.76 Å². The van der Waals surface area contributed by atoms with Gasteiger partial charge >= 0.3 is 0 Å². The third kappa shape index (κ3) is 2.23. The van der Waals surface area contributed by atoms with E-state index in [4.69, 9.17) is 14.8 Å². The molecule has 18 heavy (non-hydrogen) atoms. The number of furan rings is 1. The van der Waals surface area contributed by atoms with Crippen LogP contribution >= 0.6 is 0 Å². The van der Waals surface area contributed by atoms with Crippen LogP contribution in [0.1, 0.15) is 5.56 Å². The summed E-state index contributed by atoms with van der Waals surface area (Å²) in [6.45, 7) is 0.145. The lowest BCUT2D eigenvalue weighted by molar-refractivity contribution is 0.311. The first kappa shape index (κ1) is 11.9. The molecule has 2 aromatic rings. The zero-order valence-corrected chi connectivity index (χ0v) is 9.30. The summed E-state index contributed by atoms with van der Waals surface area (Å²) in [6.07, 6.45) is 1.43. The monoisotopic (exact) mass is 246 g/mol. The van der Waals surface area contributed by atoms with Crippen LogP contribution in [0, 0.1) is 11.3 Å². The predicted molar refractivity (Wildman–Crippen MR) is 62.9 cm³/mol. The number of nitrogens with one attached hydrogen (secondary N) is 2. The highest BCUT2D eigenvalue weighted by Crippen LogP contribution is 2.19. The molecule has 0 aliphatic heterocycles. The molecule has 0 fully saturated rings. The van der Waals surface area contributed by atoms with E-state index in [2.05, 4.69) is 15.3 Å². The summed E-state index contributed by atoms with van der Waals surface area (Å²) in [4.78, 5) is 18.2. The van der Waals surface area contributed by atoms with Crippen molar-refractivity contribution in [1.29, 1.82) is 5.26 Å². The lowest BCUT2D eigenvalue weighted by atomic mass is 10.2. The number of nitrogens with zero attached hydrogens (tertiary/aromatic N) is 2. The highest BCUT2D eigenvalue weighted by molar-refractivity contribution is 5.62. The Bertz CT molecular complexity index is 625. The van der Waals surface area contributed by atoms with Gasteiger partial charge in [-0.15, -0.1) is 0 Å². The van der Waals surface area contributed by atoms with Gasteiger partial charge in [-0.1, -0.05) is 0 Å². The molecule has 0 amide bonds. The number of rotatable bonds is 4. The van der Waals surface area contributed by atoms with Gasteiger partial charge in [-0.2, -0.15) is 5.26 Å². The second kappa shape index (κ2) is 5.16. The number of nitriles is 1. The van der Waals surface area contributed by atoms with Crippen molar-refractivity contribution in [3.63, 3.8) is 0 Å². The minimum Gasteiger partial charge on any atom is -0.463 e. The van der Waals surface area contributed by atoms with E-state index in [1.165, 1.54) is 6.26 Å². The zero-order chi connectivity index (χ0) is 13.0. The van der Waals surface area contributed by atoms with Crippen molar-refractivity contribution < 1.29 is 9.52 Å². The van der Waals surface area contributed by atoms with Crippen molar-refractivity contribution in [2.45, 2.75) is 0 Å². The fourth-order valence-corrected chi connectivity index (χ4v) is 1.43. The fourth-order valence-electron chi connectivity index (χ4n) is 1.43. The van der Waals surface area contributed by atoms with Gasteiger partial charge in [0, 0.05) is 6.54 Å². The molecule has 0 saturated heterocycles. The number of hydrogen-bond donors (Lipinski definition) is 3. The Balaban J connectivity index is 2.52. The number of anilines is 1. The number of aliphatic hydroxyl groups is 1. The van der Waals surface area contributed by atoms with Crippen LogP contribution in [0.15, 0.2) is 27.6 Å². The van der Waals surface area contributed by atoms with Gasteiger partial charge in [0.25, 0.3) is 5.56 Å². The van der Waals surface area contributed by atoms with Crippen LogP contribution in [0.25, 0.3) is 11.5 Å². The lowest BCUT2D eigenvalue weighted by Crippen LogP contribution is -2.18. The van der Waals surface area contributed by atoms with E-state index in [1.54, 1.807) is 18.2 Å². The first-order valence-electron chi connectivity index (χ1n) is 5.19. The summed E-state index contributed by atoms with van der Waals surface area (Å²) in [5.74, 6) is 0.518. The van der Waals surface area contributed by atoms with E-state index in [-0.39, 0.29) is 30.4 Å². The third-order valence-electron chi connectivity index (χ3n) is 2.19. The molecule has 2 rings (SSSR count). The quantitative estimate of drug-likeness (QED) is 0.715. The van der Waals surface area contributed by atoms with Gasteiger partial charge in [0.05, 0.1) is 12.9 Å². The summed E-state index contributed by atoms with van der Waals surface area (Å²) in [6, 6.07) is 5.04. The largest absolute Gasteiger partial charge is 0.463 e. The predicted octanol–water partition coefficient (Wildman–Crippen LogP) is 0.306. The van der Waals surface area contributed by atoms with Gasteiger partial charge in [-0.3, -0.25) is 9.78 Å². The van der Waals surface area contributed by atoms with Gasteiger partial charge in [-0.05, 0) is 12.1 Å². The number of hydrogen-bond acceptors (Lipinski definition) is 6. The number of H-pyrrole nitrogens is 1. The molecule has 0 spiro atoms. The molecular weight excluding hydrogens is 236 g/mol. The smallest absolute Gasteiger partial charge is 0.270 e. The Morgan fingerprint density at radius 3 is 3.06 bits per heavy atom. The van der Waals surface area contributed by atoms with Crippen molar-refractivity contribution in [1.82, 2.24) is 9.97 Å². The van der Waals surface area contributed by atoms with Crippen LogP contribution in [0.3, 0.4) is 0 Å². The van der Waals surface area contributed by atoms with Crippen LogP contribution < -0.4 is 10.9 Å². The van der Waals surface area contributed by atoms with E-state index in [9.17, 15) is 4.79 Å². The van der Waals surface area contributed by atoms with Gasteiger partial charge in [0.15, 0.2) is 5.76 Å². The standard InChI is InChI=1S/C11H10N4O3/c12-6-7-9(8-2-1-5-18-8)14-11(13-3-4-16)15-10(7)17/h1-2,5,16H,3-4H2,(H2,13,14,15,17). The molecule has 0 aliphatic carbocycles. The second-order valence-corrected chi connectivity index (χ2v) is 3.38. The Morgan fingerprint density at radius 1 is 1.61 bits per heavy atom. The van der Waals surface area contributed by atoms with Gasteiger partial charge in [0.1, 0.15) is 17.3 Å². The Morgan fingerprint density at radius 2 is 2.44 bits per heavy atom. The van der Waals surface area contributed by atoms with Crippen LogP contribution in [-0.4, -0.2) is 28.2 Å². The molecule has 0 unspecified atom stereocenters. The minimum atomic E-state index is -0.556. The molecule has 0 saturated carbocycles. The van der Waals surface area contributed by atoms with Gasteiger partial charge in [-0.25, -0.2) is 4.98 Å². The van der Waals surface area contributed by atoms with Crippen LogP contribution in [0.4, 0.5) is 5.95 Å². The average Bonchev–Trinajstić information content (AvgIpc) is 2.89. The van der Waals surface area contributed by atoms with Crippen molar-refractivity contribution >= 4 is 5.95 Å². The molecule has 0 radical (unpaired) electrons. The summed E-state index contributed by atoms with van der Waals surface area (Å²) >= 11 is 0. The van der Waals surface area contributed by atoms with Gasteiger partial charge < -0.3 is 14.8 Å². The molecule has 92 valence electrons. The maximum atomic E-state index is 11.7. The SMILES string of the molecule is N#Cc1c(-c2ccco2)nc(NCCO)[nH]c1=O. The summed E-state index contributed by atoms with van der Waals surface area (Å²) in [5.41, 5.74) is -0.495. The van der Waals surface area contributed by atoms with E-state index in [1.807, 2.05) is 0 Å². The van der Waals surface area contributed by atoms with Crippen LogP contribution in [0.2, 0.25) is 0 Å². The maximum Gasteiger partial charge on any atom is 0.270 e. The normalized spacial score (nSPS) is 10.0. The molecule has 0 aromatic carbocycles. The highest BCUT2D eigenvalue weighted by atomic mass is 16.3. The molecule has 3 N–H and O–H groups in total. The fraction of sp³-hybridized carbons (Fsp3) is 0.182. The molecule has 2 aromatic heterocycles. The Kier molecular flexibility index (Phi) is 3.41. The lowest BCUT2D eigenvalue weighted by Gasteiger charge is -2.05. The molecule has 2 heterocycles. The summed E-state index contributed by atoms with van der Waals surface area (Å²) in [5, 5.41) is 20.4. The number of aromatic nitrogens is 2. The molecular formula is C11H10N4O3. The van der Waals surface area contributed by atoms with Crippen molar-refractivity contribution in [2.75, 3.05) is 18.5 Å². The molecule has 0 bridgehead atoms. The van der Waals surface area contributed by atoms with Crippen LogP contribution in [0.5, 0.6) is 0 Å². The Hall–Kier alpha value is -2.59. The van der Waals surface area contributed by atoms with Crippen molar-refractivity contribution in [3.8, 4) is 17.5 Å². The molecule has 0 atom stereocenters. The average molecular weight is 246 g/mol. The van der Waals surface area contributed by atoms with E-state index < -0.39 is 5.56 Å². The zero-order valence-electron chi connectivity index (χ0n) is 9.30. The van der Waals surface area contributed by atoms with Gasteiger partial charge in [0.2, 0.25) is 5.95 Å².